The lowest BCUT2D eigenvalue weighted by Gasteiger charge is -2.14. The first-order valence-corrected chi connectivity index (χ1v) is 5.98. The summed E-state index contributed by atoms with van der Waals surface area (Å²) in [4.78, 5) is 33.9. The summed E-state index contributed by atoms with van der Waals surface area (Å²) in [5.74, 6) is -1.73. The maximum atomic E-state index is 12.0. The minimum atomic E-state index is -1.05. The highest BCUT2D eigenvalue weighted by Gasteiger charge is 2.19. The number of benzene rings is 1. The van der Waals surface area contributed by atoms with Crippen LogP contribution < -0.4 is 10.7 Å². The van der Waals surface area contributed by atoms with Crippen molar-refractivity contribution in [1.29, 1.82) is 0 Å². The van der Waals surface area contributed by atoms with E-state index in [9.17, 15) is 14.4 Å². The molecule has 1 aliphatic heterocycles. The first-order chi connectivity index (χ1) is 9.49. The van der Waals surface area contributed by atoms with Crippen molar-refractivity contribution in [2.75, 3.05) is 5.32 Å². The number of aromatic carboxylic acids is 1. The van der Waals surface area contributed by atoms with Crippen LogP contribution in [0.5, 0.6) is 0 Å². The number of carbonyl (C=O) groups excluding carboxylic acids is 2. The molecule has 2 rings (SSSR count). The van der Waals surface area contributed by atoms with E-state index in [0.29, 0.717) is 11.3 Å². The molecule has 7 heteroatoms. The molecule has 20 heavy (non-hydrogen) atoms. The Hall–Kier alpha value is -2.70. The zero-order valence-electron chi connectivity index (χ0n) is 10.8. The highest BCUT2D eigenvalue weighted by atomic mass is 16.4. The summed E-state index contributed by atoms with van der Waals surface area (Å²) in [6, 6.07) is 4.63. The minimum Gasteiger partial charge on any atom is -0.478 e. The number of hydrogen-bond donors (Lipinski definition) is 3. The molecule has 0 atom stereocenters. The Morgan fingerprint density at radius 3 is 2.70 bits per heavy atom. The van der Waals surface area contributed by atoms with Crippen LogP contribution in [0.1, 0.15) is 28.8 Å². The third-order valence-electron chi connectivity index (χ3n) is 2.98. The van der Waals surface area contributed by atoms with Crippen molar-refractivity contribution in [1.82, 2.24) is 5.43 Å². The van der Waals surface area contributed by atoms with Crippen molar-refractivity contribution in [3.8, 4) is 0 Å². The van der Waals surface area contributed by atoms with E-state index in [1.165, 1.54) is 6.07 Å². The van der Waals surface area contributed by atoms with Gasteiger partial charge in [0, 0.05) is 18.5 Å². The molecule has 0 aromatic heterocycles. The first kappa shape index (κ1) is 13.7. The molecule has 0 saturated carbocycles. The molecular weight excluding hydrogens is 262 g/mol. The Bertz CT molecular complexity index is 622. The first-order valence-electron chi connectivity index (χ1n) is 5.98. The molecule has 0 fully saturated rings. The van der Waals surface area contributed by atoms with Gasteiger partial charge in [-0.3, -0.25) is 9.59 Å². The van der Waals surface area contributed by atoms with Crippen molar-refractivity contribution in [3.63, 3.8) is 0 Å². The van der Waals surface area contributed by atoms with Crippen LogP contribution in [0.2, 0.25) is 0 Å². The number of hydrazone groups is 1. The summed E-state index contributed by atoms with van der Waals surface area (Å²) in [5.41, 5.74) is 3.45. The molecule has 7 nitrogen and oxygen atoms in total. The second kappa shape index (κ2) is 5.52. The van der Waals surface area contributed by atoms with Gasteiger partial charge in [0.1, 0.15) is 5.71 Å². The van der Waals surface area contributed by atoms with Gasteiger partial charge in [0.2, 0.25) is 5.91 Å². The van der Waals surface area contributed by atoms with Gasteiger partial charge < -0.3 is 10.4 Å². The van der Waals surface area contributed by atoms with Gasteiger partial charge in [-0.1, -0.05) is 6.07 Å². The maximum absolute atomic E-state index is 12.0. The lowest BCUT2D eigenvalue weighted by molar-refractivity contribution is -0.121. The largest absolute Gasteiger partial charge is 0.478 e. The summed E-state index contributed by atoms with van der Waals surface area (Å²) in [6.45, 7) is 1.61. The predicted molar refractivity (Wildman–Crippen MR) is 71.6 cm³/mol. The van der Waals surface area contributed by atoms with E-state index >= 15 is 0 Å². The predicted octanol–water partition coefficient (Wildman–Crippen LogP) is 0.898. The monoisotopic (exact) mass is 275 g/mol. The Morgan fingerprint density at radius 2 is 2.10 bits per heavy atom. The summed E-state index contributed by atoms with van der Waals surface area (Å²) in [5, 5.41) is 15.3. The molecule has 1 heterocycles. The molecule has 1 aromatic rings. The van der Waals surface area contributed by atoms with Crippen LogP contribution in [0.25, 0.3) is 0 Å². The van der Waals surface area contributed by atoms with E-state index in [4.69, 9.17) is 5.11 Å². The van der Waals surface area contributed by atoms with Gasteiger partial charge >= 0.3 is 5.97 Å². The van der Waals surface area contributed by atoms with Crippen LogP contribution in [0.15, 0.2) is 23.3 Å². The van der Waals surface area contributed by atoms with Gasteiger partial charge in [-0.05, 0) is 24.6 Å². The number of anilines is 1. The number of hydrogen-bond acceptors (Lipinski definition) is 4. The van der Waals surface area contributed by atoms with Crippen LogP contribution in [0.4, 0.5) is 5.69 Å². The zero-order chi connectivity index (χ0) is 14.7. The van der Waals surface area contributed by atoms with E-state index in [1.54, 1.807) is 19.1 Å². The van der Waals surface area contributed by atoms with Gasteiger partial charge in [-0.25, -0.2) is 10.2 Å². The number of nitrogens with one attached hydrogen (secondary N) is 2. The molecule has 104 valence electrons. The van der Waals surface area contributed by atoms with Gasteiger partial charge in [0.05, 0.1) is 5.56 Å². The number of amides is 2. The van der Waals surface area contributed by atoms with E-state index in [2.05, 4.69) is 15.8 Å². The molecule has 1 aliphatic rings. The van der Waals surface area contributed by atoms with Gasteiger partial charge in [-0.2, -0.15) is 5.10 Å². The summed E-state index contributed by atoms with van der Waals surface area (Å²) in [6.07, 6.45) is 0.468. The molecule has 0 spiro atoms. The zero-order valence-corrected chi connectivity index (χ0v) is 10.8. The molecule has 0 radical (unpaired) electrons. The van der Waals surface area contributed by atoms with Crippen LogP contribution in [0, 0.1) is 6.92 Å². The Balaban J connectivity index is 2.18. The van der Waals surface area contributed by atoms with Crippen molar-refractivity contribution in [2.24, 2.45) is 5.10 Å². The van der Waals surface area contributed by atoms with Crippen molar-refractivity contribution in [2.45, 2.75) is 19.8 Å². The molecule has 0 bridgehead atoms. The van der Waals surface area contributed by atoms with Crippen molar-refractivity contribution < 1.29 is 19.5 Å². The third-order valence-corrected chi connectivity index (χ3v) is 2.98. The topological polar surface area (TPSA) is 108 Å². The average molecular weight is 275 g/mol. The Labute approximate surface area is 114 Å². The normalized spacial score (nSPS) is 14.2. The molecule has 0 aliphatic carbocycles. The smallest absolute Gasteiger partial charge is 0.336 e. The standard InChI is InChI=1S/C13H13N3O4/c1-7-8(13(19)20)3-2-4-9(7)14-12(18)10-5-6-11(17)16-15-10/h2-4H,5-6H2,1H3,(H,14,18)(H,16,17)(H,19,20). The van der Waals surface area contributed by atoms with Gasteiger partial charge in [-0.15, -0.1) is 0 Å². The Kier molecular flexibility index (Phi) is 3.79. The van der Waals surface area contributed by atoms with E-state index in [-0.39, 0.29) is 30.0 Å². The maximum Gasteiger partial charge on any atom is 0.336 e. The van der Waals surface area contributed by atoms with E-state index in [1.807, 2.05) is 0 Å². The van der Waals surface area contributed by atoms with E-state index < -0.39 is 11.9 Å². The quantitative estimate of drug-likeness (QED) is 0.761. The second-order valence-electron chi connectivity index (χ2n) is 4.33. The fourth-order valence-electron chi connectivity index (χ4n) is 1.84. The molecular formula is C13H13N3O4. The average Bonchev–Trinajstić information content (AvgIpc) is 2.41. The van der Waals surface area contributed by atoms with Crippen molar-refractivity contribution in [3.05, 3.63) is 29.3 Å². The molecule has 0 unspecified atom stereocenters. The third kappa shape index (κ3) is 2.82. The lowest BCUT2D eigenvalue weighted by Crippen LogP contribution is -2.33. The van der Waals surface area contributed by atoms with Crippen LogP contribution >= 0.6 is 0 Å². The fraction of sp³-hybridized carbons (Fsp3) is 0.231. The number of carbonyl (C=O) groups is 3. The number of carboxylic acid groups (broad SMARTS) is 1. The van der Waals surface area contributed by atoms with Crippen molar-refractivity contribution >= 4 is 29.2 Å². The molecule has 1 aromatic carbocycles. The highest BCUT2D eigenvalue weighted by Crippen LogP contribution is 2.19. The van der Waals surface area contributed by atoms with Crippen LogP contribution in [0.3, 0.4) is 0 Å². The number of nitrogens with zero attached hydrogens (tertiary/aromatic N) is 1. The SMILES string of the molecule is Cc1c(NC(=O)C2=NNC(=O)CC2)cccc1C(=O)O. The number of carboxylic acids is 1. The molecule has 2 amide bonds. The number of rotatable bonds is 3. The lowest BCUT2D eigenvalue weighted by atomic mass is 10.1. The molecule has 3 N–H and O–H groups in total. The minimum absolute atomic E-state index is 0.127. The fourth-order valence-corrected chi connectivity index (χ4v) is 1.84. The van der Waals surface area contributed by atoms with Crippen LogP contribution in [-0.2, 0) is 9.59 Å². The summed E-state index contributed by atoms with van der Waals surface area (Å²) >= 11 is 0. The Morgan fingerprint density at radius 1 is 1.35 bits per heavy atom. The second-order valence-corrected chi connectivity index (χ2v) is 4.33. The van der Waals surface area contributed by atoms with E-state index in [0.717, 1.165) is 0 Å². The summed E-state index contributed by atoms with van der Waals surface area (Å²) in [7, 11) is 0. The van der Waals surface area contributed by atoms with Crippen LogP contribution in [-0.4, -0.2) is 28.6 Å². The van der Waals surface area contributed by atoms with Gasteiger partial charge in [0.25, 0.3) is 5.91 Å². The summed E-state index contributed by atoms with van der Waals surface area (Å²) < 4.78 is 0. The van der Waals surface area contributed by atoms with Gasteiger partial charge in [0.15, 0.2) is 0 Å². The highest BCUT2D eigenvalue weighted by molar-refractivity contribution is 6.43. The molecule has 0 saturated heterocycles.